The minimum Gasteiger partial charge on any atom is -0.343 e. The number of rotatable bonds is 3. The Bertz CT molecular complexity index is 1070. The van der Waals surface area contributed by atoms with E-state index in [4.69, 9.17) is 11.6 Å². The largest absolute Gasteiger partial charge is 0.343 e. The van der Waals surface area contributed by atoms with E-state index in [0.29, 0.717) is 29.8 Å². The van der Waals surface area contributed by atoms with Gasteiger partial charge in [0.15, 0.2) is 11.6 Å². The summed E-state index contributed by atoms with van der Waals surface area (Å²) in [7, 11) is 1.74. The van der Waals surface area contributed by atoms with Gasteiger partial charge in [0.05, 0.1) is 17.4 Å². The molecule has 1 aliphatic heterocycles. The van der Waals surface area contributed by atoms with Crippen LogP contribution < -0.4 is 4.90 Å². The fourth-order valence-corrected chi connectivity index (χ4v) is 3.15. The van der Waals surface area contributed by atoms with E-state index in [-0.39, 0.29) is 23.4 Å². The first-order chi connectivity index (χ1) is 13.2. The predicted molar refractivity (Wildman–Crippen MR) is 98.9 cm³/mol. The standard InChI is InChI=1S/C17H16ClF2N7O/c1-17(19,20)16-21-4-3-13(23-16)27-11-7-12(18)22-8-10(11)15(24-27)26-6-5-25(2)14(28)9-26/h3-4,7-8H,5-6,9H2,1-2H3. The summed E-state index contributed by atoms with van der Waals surface area (Å²) in [5, 5.41) is 5.42. The molecule has 1 amide bonds. The zero-order valence-electron chi connectivity index (χ0n) is 15.1. The second kappa shape index (κ2) is 6.62. The van der Waals surface area contributed by atoms with Gasteiger partial charge in [0.2, 0.25) is 11.7 Å². The molecule has 0 spiro atoms. The van der Waals surface area contributed by atoms with Crippen molar-refractivity contribution < 1.29 is 13.6 Å². The molecule has 8 nitrogen and oxygen atoms in total. The number of piperazine rings is 1. The second-order valence-electron chi connectivity index (χ2n) is 6.62. The molecule has 0 aliphatic carbocycles. The Morgan fingerprint density at radius 3 is 2.75 bits per heavy atom. The van der Waals surface area contributed by atoms with Crippen LogP contribution in [0.1, 0.15) is 12.7 Å². The summed E-state index contributed by atoms with van der Waals surface area (Å²) < 4.78 is 28.8. The molecule has 0 bridgehead atoms. The van der Waals surface area contributed by atoms with Crippen LogP contribution in [0, 0.1) is 0 Å². The van der Waals surface area contributed by atoms with Crippen LogP contribution in [0.4, 0.5) is 14.6 Å². The van der Waals surface area contributed by atoms with Gasteiger partial charge in [-0.15, -0.1) is 5.10 Å². The van der Waals surface area contributed by atoms with Gasteiger partial charge >= 0.3 is 5.92 Å². The molecule has 1 fully saturated rings. The van der Waals surface area contributed by atoms with E-state index < -0.39 is 11.7 Å². The first-order valence-corrected chi connectivity index (χ1v) is 8.87. The minimum absolute atomic E-state index is 0.0363. The van der Waals surface area contributed by atoms with Gasteiger partial charge in [-0.05, 0) is 0 Å². The number of anilines is 1. The normalized spacial score (nSPS) is 15.5. The van der Waals surface area contributed by atoms with Crippen LogP contribution >= 0.6 is 11.6 Å². The highest BCUT2D eigenvalue weighted by atomic mass is 35.5. The maximum Gasteiger partial charge on any atom is 0.303 e. The van der Waals surface area contributed by atoms with Crippen molar-refractivity contribution in [2.24, 2.45) is 0 Å². The third-order valence-electron chi connectivity index (χ3n) is 4.52. The predicted octanol–water partition coefficient (Wildman–Crippen LogP) is 2.25. The van der Waals surface area contributed by atoms with Crippen LogP contribution in [0.25, 0.3) is 16.7 Å². The zero-order chi connectivity index (χ0) is 20.1. The lowest BCUT2D eigenvalue weighted by molar-refractivity contribution is -0.129. The van der Waals surface area contributed by atoms with Crippen LogP contribution in [-0.2, 0) is 10.7 Å². The van der Waals surface area contributed by atoms with Gasteiger partial charge in [-0.2, -0.15) is 8.78 Å². The first kappa shape index (κ1) is 18.5. The van der Waals surface area contributed by atoms with Crippen LogP contribution in [0.3, 0.4) is 0 Å². The number of amides is 1. The van der Waals surface area contributed by atoms with Crippen molar-refractivity contribution in [1.82, 2.24) is 29.6 Å². The highest BCUT2D eigenvalue weighted by Crippen LogP contribution is 2.30. The van der Waals surface area contributed by atoms with Gasteiger partial charge in [0.1, 0.15) is 5.15 Å². The number of alkyl halides is 2. The molecule has 4 rings (SSSR count). The third-order valence-corrected chi connectivity index (χ3v) is 4.73. The van der Waals surface area contributed by atoms with Crippen LogP contribution in [0.15, 0.2) is 24.5 Å². The summed E-state index contributed by atoms with van der Waals surface area (Å²) in [5.41, 5.74) is 0.547. The van der Waals surface area contributed by atoms with E-state index in [1.54, 1.807) is 24.2 Å². The SMILES string of the molecule is CN1CCN(c2nn(-c3ccnc(C(C)(F)F)n3)c3cc(Cl)ncc23)CC1=O. The topological polar surface area (TPSA) is 80.0 Å². The number of likely N-dealkylation sites (N-methyl/N-ethyl adjacent to an activating group) is 1. The summed E-state index contributed by atoms with van der Waals surface area (Å²) in [6.07, 6.45) is 2.81. The fourth-order valence-electron chi connectivity index (χ4n) is 3.00. The van der Waals surface area contributed by atoms with Crippen molar-refractivity contribution in [2.75, 3.05) is 31.6 Å². The Kier molecular flexibility index (Phi) is 4.37. The van der Waals surface area contributed by atoms with Crippen molar-refractivity contribution in [3.8, 4) is 5.82 Å². The van der Waals surface area contributed by atoms with E-state index in [1.807, 2.05) is 4.90 Å². The van der Waals surface area contributed by atoms with E-state index in [0.717, 1.165) is 6.92 Å². The molecule has 1 saturated heterocycles. The smallest absolute Gasteiger partial charge is 0.303 e. The third kappa shape index (κ3) is 3.24. The maximum absolute atomic E-state index is 13.7. The molecule has 0 N–H and O–H groups in total. The molecule has 146 valence electrons. The van der Waals surface area contributed by atoms with Crippen LogP contribution in [-0.4, -0.2) is 62.2 Å². The minimum atomic E-state index is -3.19. The Hall–Kier alpha value is -2.88. The van der Waals surface area contributed by atoms with Crippen molar-refractivity contribution in [3.63, 3.8) is 0 Å². The molecule has 1 aliphatic rings. The maximum atomic E-state index is 13.7. The monoisotopic (exact) mass is 407 g/mol. The lowest BCUT2D eigenvalue weighted by Gasteiger charge is -2.32. The Morgan fingerprint density at radius 2 is 2.04 bits per heavy atom. The number of carbonyl (C=O) groups is 1. The molecule has 0 radical (unpaired) electrons. The van der Waals surface area contributed by atoms with Crippen LogP contribution in [0.5, 0.6) is 0 Å². The van der Waals surface area contributed by atoms with Gasteiger partial charge in [-0.3, -0.25) is 4.79 Å². The molecule has 3 aromatic rings. The molecule has 0 atom stereocenters. The highest BCUT2D eigenvalue weighted by Gasteiger charge is 2.30. The molecule has 0 saturated carbocycles. The van der Waals surface area contributed by atoms with E-state index in [1.165, 1.54) is 16.9 Å². The number of aromatic nitrogens is 5. The molecular formula is C17H16ClF2N7O. The molecule has 11 heteroatoms. The van der Waals surface area contributed by atoms with Crippen LogP contribution in [0.2, 0.25) is 5.15 Å². The summed E-state index contributed by atoms with van der Waals surface area (Å²) >= 11 is 6.04. The fraction of sp³-hybridized carbons (Fsp3) is 0.353. The average Bonchev–Trinajstić information content (AvgIpc) is 3.02. The first-order valence-electron chi connectivity index (χ1n) is 8.49. The number of nitrogens with zero attached hydrogens (tertiary/aromatic N) is 7. The number of halogens is 3. The van der Waals surface area contributed by atoms with Crippen molar-refractivity contribution >= 4 is 34.2 Å². The Labute approximate surface area is 163 Å². The lowest BCUT2D eigenvalue weighted by Crippen LogP contribution is -2.48. The molecule has 0 aromatic carbocycles. The molecular weight excluding hydrogens is 392 g/mol. The summed E-state index contributed by atoms with van der Waals surface area (Å²) in [6, 6.07) is 3.06. The molecule has 28 heavy (non-hydrogen) atoms. The number of fused-ring (bicyclic) bond motifs is 1. The summed E-state index contributed by atoms with van der Waals surface area (Å²) in [6.45, 7) is 2.02. The van der Waals surface area contributed by atoms with Gasteiger partial charge < -0.3 is 9.80 Å². The molecule has 0 unspecified atom stereocenters. The second-order valence-corrected chi connectivity index (χ2v) is 7.01. The number of carbonyl (C=O) groups excluding carboxylic acids is 1. The highest BCUT2D eigenvalue weighted by molar-refractivity contribution is 6.30. The van der Waals surface area contributed by atoms with E-state index >= 15 is 0 Å². The zero-order valence-corrected chi connectivity index (χ0v) is 15.9. The van der Waals surface area contributed by atoms with E-state index in [2.05, 4.69) is 20.1 Å². The van der Waals surface area contributed by atoms with Gasteiger partial charge in [-0.1, -0.05) is 11.6 Å². The van der Waals surface area contributed by atoms with Gasteiger partial charge in [0, 0.05) is 51.6 Å². The summed E-state index contributed by atoms with van der Waals surface area (Å²) in [5.74, 6) is -3.14. The number of pyridine rings is 1. The lowest BCUT2D eigenvalue weighted by atomic mass is 10.2. The molecule has 3 aromatic heterocycles. The Morgan fingerprint density at radius 1 is 1.25 bits per heavy atom. The van der Waals surface area contributed by atoms with Crippen molar-refractivity contribution in [1.29, 1.82) is 0 Å². The van der Waals surface area contributed by atoms with Gasteiger partial charge in [-0.25, -0.2) is 19.6 Å². The van der Waals surface area contributed by atoms with Gasteiger partial charge in [0.25, 0.3) is 0 Å². The Balaban J connectivity index is 1.86. The quantitative estimate of drug-likeness (QED) is 0.619. The average molecular weight is 408 g/mol. The number of hydrogen-bond acceptors (Lipinski definition) is 6. The van der Waals surface area contributed by atoms with Crippen molar-refractivity contribution in [2.45, 2.75) is 12.8 Å². The van der Waals surface area contributed by atoms with E-state index in [9.17, 15) is 13.6 Å². The van der Waals surface area contributed by atoms with Crippen molar-refractivity contribution in [3.05, 3.63) is 35.5 Å². The summed E-state index contributed by atoms with van der Waals surface area (Å²) in [4.78, 5) is 27.3. The number of hydrogen-bond donors (Lipinski definition) is 0. The molecule has 4 heterocycles.